The van der Waals surface area contributed by atoms with E-state index in [0.717, 1.165) is 56.7 Å². The maximum Gasteiger partial charge on any atom is 0.256 e. The van der Waals surface area contributed by atoms with Gasteiger partial charge in [-0.1, -0.05) is 31.2 Å². The van der Waals surface area contributed by atoms with Gasteiger partial charge >= 0.3 is 0 Å². The molecule has 4 nitrogen and oxygen atoms in total. The largest absolute Gasteiger partial charge is 0.339 e. The minimum absolute atomic E-state index is 0.181. The van der Waals surface area contributed by atoms with E-state index >= 15 is 0 Å². The number of rotatable bonds is 4. The highest BCUT2D eigenvalue weighted by atomic mass is 19.1. The van der Waals surface area contributed by atoms with Crippen LogP contribution in [-0.4, -0.2) is 73.5 Å². The smallest absolute Gasteiger partial charge is 0.256 e. The van der Waals surface area contributed by atoms with Crippen molar-refractivity contribution in [1.82, 2.24) is 14.7 Å². The van der Waals surface area contributed by atoms with Gasteiger partial charge in [0.25, 0.3) is 5.91 Å². The third-order valence-electron chi connectivity index (χ3n) is 7.50. The predicted octanol–water partition coefficient (Wildman–Crippen LogP) is 4.60. The first kappa shape index (κ1) is 22.9. The van der Waals surface area contributed by atoms with Crippen LogP contribution in [-0.2, 0) is 0 Å². The van der Waals surface area contributed by atoms with E-state index in [1.807, 2.05) is 17.0 Å². The quantitative estimate of drug-likeness (QED) is 0.700. The molecule has 5 heteroatoms. The number of carbonyl (C=O) groups excluding carboxylic acids is 1. The molecule has 0 N–H and O–H groups in total. The van der Waals surface area contributed by atoms with E-state index in [0.29, 0.717) is 13.1 Å². The van der Waals surface area contributed by atoms with Gasteiger partial charge in [0, 0.05) is 45.8 Å². The molecule has 4 rings (SSSR count). The van der Waals surface area contributed by atoms with Gasteiger partial charge < -0.3 is 14.7 Å². The minimum atomic E-state index is -0.434. The predicted molar refractivity (Wildman–Crippen MR) is 128 cm³/mol. The molecular formula is C27H36FN3O. The number of carbonyl (C=O) groups is 1. The molecule has 2 heterocycles. The van der Waals surface area contributed by atoms with Crippen LogP contribution in [0.15, 0.2) is 36.4 Å². The highest BCUT2D eigenvalue weighted by Crippen LogP contribution is 2.33. The first-order chi connectivity index (χ1) is 15.2. The standard InChI is InChI=1S/C27H36FN3O/c1-20-5-6-22(17-21(20)2)23-7-8-24(25(28)18-23)26(32)31-11-9-27(3,10-12-31)19-30-15-13-29(4)14-16-30/h5-8,17-18H,9-16,19H2,1-4H3. The molecule has 32 heavy (non-hydrogen) atoms. The number of likely N-dealkylation sites (tertiary alicyclic amines) is 1. The lowest BCUT2D eigenvalue weighted by atomic mass is 9.79. The number of benzene rings is 2. The van der Waals surface area contributed by atoms with Crippen LogP contribution in [0.4, 0.5) is 4.39 Å². The first-order valence-electron chi connectivity index (χ1n) is 11.8. The van der Waals surface area contributed by atoms with Crippen molar-refractivity contribution in [2.75, 3.05) is 52.9 Å². The Kier molecular flexibility index (Phi) is 6.68. The van der Waals surface area contributed by atoms with Gasteiger partial charge in [-0.25, -0.2) is 4.39 Å². The lowest BCUT2D eigenvalue weighted by molar-refractivity contribution is 0.0430. The monoisotopic (exact) mass is 437 g/mol. The number of amides is 1. The van der Waals surface area contributed by atoms with Crippen molar-refractivity contribution in [3.8, 4) is 11.1 Å². The molecule has 0 aliphatic carbocycles. The Morgan fingerprint density at radius 1 is 0.906 bits per heavy atom. The molecule has 0 atom stereocenters. The summed E-state index contributed by atoms with van der Waals surface area (Å²) < 4.78 is 15.0. The first-order valence-corrected chi connectivity index (χ1v) is 11.8. The molecule has 0 aromatic heterocycles. The van der Waals surface area contributed by atoms with Gasteiger partial charge in [0.1, 0.15) is 5.82 Å². The van der Waals surface area contributed by atoms with Crippen LogP contribution in [0.5, 0.6) is 0 Å². The number of hydrogen-bond acceptors (Lipinski definition) is 3. The maximum atomic E-state index is 15.0. The summed E-state index contributed by atoms with van der Waals surface area (Å²) in [6.07, 6.45) is 1.93. The van der Waals surface area contributed by atoms with Crippen LogP contribution in [0.1, 0.15) is 41.3 Å². The molecule has 2 saturated heterocycles. The van der Waals surface area contributed by atoms with Gasteiger partial charge in [0.05, 0.1) is 5.56 Å². The van der Waals surface area contributed by atoms with E-state index < -0.39 is 5.82 Å². The van der Waals surface area contributed by atoms with Crippen molar-refractivity contribution in [3.05, 3.63) is 58.9 Å². The third-order valence-corrected chi connectivity index (χ3v) is 7.50. The van der Waals surface area contributed by atoms with Crippen molar-refractivity contribution in [1.29, 1.82) is 0 Å². The Morgan fingerprint density at radius 2 is 1.53 bits per heavy atom. The van der Waals surface area contributed by atoms with E-state index in [1.165, 1.54) is 17.2 Å². The van der Waals surface area contributed by atoms with Crippen LogP contribution in [0.3, 0.4) is 0 Å². The van der Waals surface area contributed by atoms with Crippen LogP contribution in [0, 0.1) is 25.1 Å². The highest BCUT2D eigenvalue weighted by Gasteiger charge is 2.34. The Bertz CT molecular complexity index is 973. The van der Waals surface area contributed by atoms with E-state index in [1.54, 1.807) is 6.07 Å². The molecule has 0 spiro atoms. The zero-order valence-corrected chi connectivity index (χ0v) is 20.0. The number of piperidine rings is 1. The molecule has 2 aliphatic heterocycles. The van der Waals surface area contributed by atoms with Crippen molar-refractivity contribution in [2.24, 2.45) is 5.41 Å². The summed E-state index contributed by atoms with van der Waals surface area (Å²) in [7, 11) is 2.18. The Morgan fingerprint density at radius 3 is 2.16 bits per heavy atom. The number of nitrogens with zero attached hydrogens (tertiary/aromatic N) is 3. The summed E-state index contributed by atoms with van der Waals surface area (Å²) in [6, 6.07) is 11.1. The number of likely N-dealkylation sites (N-methyl/N-ethyl adjacent to an activating group) is 1. The maximum absolute atomic E-state index is 15.0. The van der Waals surface area contributed by atoms with Gasteiger partial charge in [-0.3, -0.25) is 4.79 Å². The summed E-state index contributed by atoms with van der Waals surface area (Å²) in [5, 5.41) is 0. The topological polar surface area (TPSA) is 26.8 Å². The lowest BCUT2D eigenvalue weighted by Gasteiger charge is -2.44. The zero-order chi connectivity index (χ0) is 22.9. The number of aryl methyl sites for hydroxylation is 2. The second-order valence-electron chi connectivity index (χ2n) is 10.2. The molecule has 0 saturated carbocycles. The van der Waals surface area contributed by atoms with Gasteiger partial charge in [-0.15, -0.1) is 0 Å². The fourth-order valence-corrected chi connectivity index (χ4v) is 4.91. The summed E-state index contributed by atoms with van der Waals surface area (Å²) in [5.41, 5.74) is 4.57. The molecule has 0 radical (unpaired) electrons. The fraction of sp³-hybridized carbons (Fsp3) is 0.519. The van der Waals surface area contributed by atoms with Gasteiger partial charge in [0.2, 0.25) is 0 Å². The third kappa shape index (κ3) is 5.05. The fourth-order valence-electron chi connectivity index (χ4n) is 4.91. The second-order valence-corrected chi connectivity index (χ2v) is 10.2. The van der Waals surface area contributed by atoms with Crippen LogP contribution >= 0.6 is 0 Å². The van der Waals surface area contributed by atoms with E-state index in [9.17, 15) is 9.18 Å². The molecule has 2 aliphatic rings. The van der Waals surface area contributed by atoms with Crippen molar-refractivity contribution >= 4 is 5.91 Å². The number of piperazine rings is 1. The van der Waals surface area contributed by atoms with Crippen molar-refractivity contribution in [3.63, 3.8) is 0 Å². The lowest BCUT2D eigenvalue weighted by Crippen LogP contribution is -2.51. The molecule has 1 amide bonds. The molecule has 2 aromatic rings. The molecule has 2 fully saturated rings. The second kappa shape index (κ2) is 9.32. The molecular weight excluding hydrogens is 401 g/mol. The summed E-state index contributed by atoms with van der Waals surface area (Å²) >= 11 is 0. The highest BCUT2D eigenvalue weighted by molar-refractivity contribution is 5.95. The Hall–Kier alpha value is -2.24. The van der Waals surface area contributed by atoms with Crippen molar-refractivity contribution < 1.29 is 9.18 Å². The Labute approximate surface area is 192 Å². The van der Waals surface area contributed by atoms with Gasteiger partial charge in [0.15, 0.2) is 0 Å². The minimum Gasteiger partial charge on any atom is -0.339 e. The average Bonchev–Trinajstić information content (AvgIpc) is 2.77. The molecule has 0 bridgehead atoms. The van der Waals surface area contributed by atoms with E-state index in [-0.39, 0.29) is 16.9 Å². The van der Waals surface area contributed by atoms with Gasteiger partial charge in [-0.05, 0) is 73.5 Å². The van der Waals surface area contributed by atoms with E-state index in [2.05, 4.69) is 49.8 Å². The van der Waals surface area contributed by atoms with Crippen LogP contribution in [0.25, 0.3) is 11.1 Å². The van der Waals surface area contributed by atoms with Gasteiger partial charge in [-0.2, -0.15) is 0 Å². The van der Waals surface area contributed by atoms with E-state index in [4.69, 9.17) is 0 Å². The summed E-state index contributed by atoms with van der Waals surface area (Å²) in [6.45, 7) is 13.4. The van der Waals surface area contributed by atoms with Crippen LogP contribution in [0.2, 0.25) is 0 Å². The summed E-state index contributed by atoms with van der Waals surface area (Å²) in [4.78, 5) is 19.8. The zero-order valence-electron chi connectivity index (χ0n) is 20.0. The Balaban J connectivity index is 1.39. The normalized spacial score (nSPS) is 19.8. The molecule has 0 unspecified atom stereocenters. The number of hydrogen-bond donors (Lipinski definition) is 0. The number of halogens is 1. The van der Waals surface area contributed by atoms with Crippen molar-refractivity contribution in [2.45, 2.75) is 33.6 Å². The molecule has 172 valence electrons. The average molecular weight is 438 g/mol. The SMILES string of the molecule is Cc1ccc(-c2ccc(C(=O)N3CCC(C)(CN4CCN(C)CC4)CC3)c(F)c2)cc1C. The summed E-state index contributed by atoms with van der Waals surface area (Å²) in [5.74, 6) is -0.618. The molecule has 2 aromatic carbocycles. The van der Waals surface area contributed by atoms with Crippen LogP contribution < -0.4 is 0 Å².